The molecule has 6 rings (SSSR count). The number of fused-ring (bicyclic) bond motifs is 3. The van der Waals surface area contributed by atoms with Crippen molar-refractivity contribution in [2.75, 3.05) is 20.2 Å². The van der Waals surface area contributed by atoms with Gasteiger partial charge in [-0.2, -0.15) is 4.98 Å². The van der Waals surface area contributed by atoms with Crippen LogP contribution >= 0.6 is 0 Å². The first-order valence-corrected chi connectivity index (χ1v) is 15.4. The van der Waals surface area contributed by atoms with Crippen molar-refractivity contribution in [3.8, 4) is 23.1 Å². The molecule has 3 N–H and O–H groups in total. The Hall–Kier alpha value is -5.07. The van der Waals surface area contributed by atoms with Crippen LogP contribution in [-0.4, -0.2) is 86.9 Å². The van der Waals surface area contributed by atoms with E-state index in [0.29, 0.717) is 53.9 Å². The molecule has 1 saturated carbocycles. The van der Waals surface area contributed by atoms with Gasteiger partial charge in [-0.15, -0.1) is 0 Å². The first-order chi connectivity index (χ1) is 22.1. The highest BCUT2D eigenvalue weighted by Gasteiger charge is 2.56. The lowest BCUT2D eigenvalue weighted by molar-refractivity contribution is -0.125. The molecule has 2 aromatic heterocycles. The van der Waals surface area contributed by atoms with Gasteiger partial charge in [-0.05, 0) is 63.8 Å². The first kappa shape index (κ1) is 30.9. The minimum atomic E-state index is -1.15. The molecule has 1 saturated heterocycles. The van der Waals surface area contributed by atoms with Gasteiger partial charge in [0.2, 0.25) is 18.1 Å². The van der Waals surface area contributed by atoms with E-state index in [4.69, 9.17) is 25.2 Å². The van der Waals surface area contributed by atoms with E-state index in [2.05, 4.69) is 10.3 Å². The number of amides is 5. The standard InChI is InChI=1S/C33H36N7O6/c1-19-9-8-11-24(35-19)28-36-27-20(2)26(45-3)13-12-23(27)30(37-28)46-22-15-25-29(42)38-33(18-41)16-21(33)10-6-4-5-7-14-39(31(34)43)32(44)40(25)17-22/h6,8-13,21-22,25H,4-5,7,14-17H2,1-3H3,(H2,34,43)(H,38,42)/b10-6+. The molecule has 46 heavy (non-hydrogen) atoms. The molecule has 3 aliphatic rings. The lowest BCUT2D eigenvalue weighted by Crippen LogP contribution is -2.55. The summed E-state index contributed by atoms with van der Waals surface area (Å²) in [4.78, 5) is 68.3. The fraction of sp³-hybridized carbons (Fsp3) is 0.424. The van der Waals surface area contributed by atoms with E-state index < -0.39 is 35.7 Å². The average molecular weight is 627 g/mol. The van der Waals surface area contributed by atoms with Crippen LogP contribution in [0.4, 0.5) is 9.59 Å². The lowest BCUT2D eigenvalue weighted by Gasteiger charge is -2.29. The summed E-state index contributed by atoms with van der Waals surface area (Å²) in [6.45, 7) is 3.84. The molecule has 1 aliphatic carbocycles. The quantitative estimate of drug-likeness (QED) is 0.403. The number of imide groups is 1. The molecular weight excluding hydrogens is 590 g/mol. The van der Waals surface area contributed by atoms with Gasteiger partial charge in [0.25, 0.3) is 0 Å². The Morgan fingerprint density at radius 1 is 1.13 bits per heavy atom. The molecular formula is C33H36N7O6. The van der Waals surface area contributed by atoms with Gasteiger partial charge in [0, 0.05) is 30.1 Å². The maximum Gasteiger partial charge on any atom is 0.328 e. The molecule has 0 spiro atoms. The number of benzene rings is 1. The number of nitrogens with zero attached hydrogens (tertiary/aromatic N) is 5. The summed E-state index contributed by atoms with van der Waals surface area (Å²) in [5.41, 5.74) is 7.20. The van der Waals surface area contributed by atoms with Crippen molar-refractivity contribution in [2.24, 2.45) is 11.7 Å². The molecule has 1 aromatic carbocycles. The number of carbonyl (C=O) groups excluding carboxylic acids is 4. The van der Waals surface area contributed by atoms with Gasteiger partial charge in [0.1, 0.15) is 29.1 Å². The molecule has 4 atom stereocenters. The number of carbonyl (C=O) groups is 3. The number of pyridine rings is 1. The SMILES string of the molecule is COc1ccc2c(OC3CC4C(=O)NC5([C]=O)CC5/C=C/CCCCN(C(N)=O)C(=O)N4C3)nc(-c3cccc(C)n3)nc2c1C. The minimum Gasteiger partial charge on any atom is -0.496 e. The van der Waals surface area contributed by atoms with Crippen LogP contribution in [0.15, 0.2) is 42.5 Å². The van der Waals surface area contributed by atoms with Gasteiger partial charge in [-0.1, -0.05) is 18.2 Å². The van der Waals surface area contributed by atoms with Crippen molar-refractivity contribution in [2.45, 2.75) is 63.6 Å². The Bertz CT molecular complexity index is 1740. The number of aromatic nitrogens is 3. The van der Waals surface area contributed by atoms with Crippen molar-refractivity contribution >= 4 is 35.2 Å². The van der Waals surface area contributed by atoms with Crippen LogP contribution in [0.3, 0.4) is 0 Å². The Labute approximate surface area is 266 Å². The zero-order chi connectivity index (χ0) is 32.6. The summed E-state index contributed by atoms with van der Waals surface area (Å²) in [5.74, 6) is 0.523. The largest absolute Gasteiger partial charge is 0.496 e. The third-order valence-electron chi connectivity index (χ3n) is 8.87. The first-order valence-electron chi connectivity index (χ1n) is 15.4. The molecule has 3 aromatic rings. The van der Waals surface area contributed by atoms with Gasteiger partial charge in [-0.3, -0.25) is 9.59 Å². The van der Waals surface area contributed by atoms with Gasteiger partial charge >= 0.3 is 12.1 Å². The fourth-order valence-electron chi connectivity index (χ4n) is 6.24. The highest BCUT2D eigenvalue weighted by Crippen LogP contribution is 2.43. The Balaban J connectivity index is 1.37. The smallest absolute Gasteiger partial charge is 0.328 e. The summed E-state index contributed by atoms with van der Waals surface area (Å²) in [7, 11) is 1.58. The predicted molar refractivity (Wildman–Crippen MR) is 168 cm³/mol. The number of nitrogens with one attached hydrogen (secondary N) is 1. The summed E-state index contributed by atoms with van der Waals surface area (Å²) in [6.07, 6.45) is 7.63. The number of hydrogen-bond acceptors (Lipinski definition) is 9. The fourth-order valence-corrected chi connectivity index (χ4v) is 6.24. The summed E-state index contributed by atoms with van der Waals surface area (Å²) >= 11 is 0. The number of nitrogens with two attached hydrogens (primary N) is 1. The highest BCUT2D eigenvalue weighted by atomic mass is 16.5. The summed E-state index contributed by atoms with van der Waals surface area (Å²) in [6, 6.07) is 6.50. The topological polar surface area (TPSA) is 170 Å². The van der Waals surface area contributed by atoms with E-state index in [1.54, 1.807) is 25.3 Å². The van der Waals surface area contributed by atoms with E-state index in [1.807, 2.05) is 44.4 Å². The summed E-state index contributed by atoms with van der Waals surface area (Å²) < 4.78 is 12.0. The number of methoxy groups -OCH3 is 1. The number of urea groups is 2. The van der Waals surface area contributed by atoms with E-state index in [1.165, 1.54) is 4.90 Å². The minimum absolute atomic E-state index is 0.0273. The molecule has 1 radical (unpaired) electrons. The van der Waals surface area contributed by atoms with Crippen LogP contribution in [0.1, 0.15) is 43.4 Å². The third-order valence-corrected chi connectivity index (χ3v) is 8.87. The number of allylic oxidation sites excluding steroid dienone is 1. The molecule has 5 amide bonds. The second-order valence-electron chi connectivity index (χ2n) is 12.0. The van der Waals surface area contributed by atoms with Gasteiger partial charge in [0.05, 0.1) is 24.6 Å². The number of primary amides is 1. The van der Waals surface area contributed by atoms with Crippen molar-refractivity contribution < 1.29 is 28.7 Å². The van der Waals surface area contributed by atoms with Crippen LogP contribution in [-0.2, 0) is 9.59 Å². The lowest BCUT2D eigenvalue weighted by atomic mass is 10.1. The molecule has 2 aliphatic heterocycles. The normalized spacial score (nSPS) is 25.6. The van der Waals surface area contributed by atoms with Crippen LogP contribution in [0.2, 0.25) is 0 Å². The number of rotatable bonds is 5. The molecule has 4 unspecified atom stereocenters. The Kier molecular flexibility index (Phi) is 8.32. The van der Waals surface area contributed by atoms with E-state index in [9.17, 15) is 19.2 Å². The molecule has 13 heteroatoms. The molecule has 4 heterocycles. The second-order valence-corrected chi connectivity index (χ2v) is 12.0. The zero-order valence-electron chi connectivity index (χ0n) is 26.0. The summed E-state index contributed by atoms with van der Waals surface area (Å²) in [5, 5.41) is 3.44. The van der Waals surface area contributed by atoms with Crippen molar-refractivity contribution in [1.29, 1.82) is 0 Å². The van der Waals surface area contributed by atoms with E-state index >= 15 is 0 Å². The molecule has 0 bridgehead atoms. The second kappa shape index (κ2) is 12.4. The van der Waals surface area contributed by atoms with Crippen LogP contribution in [0, 0.1) is 19.8 Å². The highest BCUT2D eigenvalue weighted by molar-refractivity contribution is 5.97. The van der Waals surface area contributed by atoms with Crippen LogP contribution < -0.4 is 20.5 Å². The monoisotopic (exact) mass is 626 g/mol. The average Bonchev–Trinajstić information content (AvgIpc) is 3.55. The predicted octanol–water partition coefficient (Wildman–Crippen LogP) is 3.36. The van der Waals surface area contributed by atoms with Gasteiger partial charge in [0.15, 0.2) is 5.82 Å². The molecule has 239 valence electrons. The maximum absolute atomic E-state index is 13.8. The van der Waals surface area contributed by atoms with E-state index in [-0.39, 0.29) is 31.3 Å². The van der Waals surface area contributed by atoms with Crippen molar-refractivity contribution in [3.05, 3.63) is 53.7 Å². The molecule has 13 nitrogen and oxygen atoms in total. The van der Waals surface area contributed by atoms with Crippen molar-refractivity contribution in [1.82, 2.24) is 30.1 Å². The van der Waals surface area contributed by atoms with Crippen LogP contribution in [0.25, 0.3) is 22.4 Å². The Morgan fingerprint density at radius 2 is 1.96 bits per heavy atom. The maximum atomic E-state index is 13.8. The van der Waals surface area contributed by atoms with Gasteiger partial charge in [-0.25, -0.2) is 24.5 Å². The number of hydrogen-bond donors (Lipinski definition) is 2. The van der Waals surface area contributed by atoms with Gasteiger partial charge < -0.3 is 25.4 Å². The number of ether oxygens (including phenoxy) is 2. The van der Waals surface area contributed by atoms with Crippen molar-refractivity contribution in [3.63, 3.8) is 0 Å². The molecule has 2 fully saturated rings. The third kappa shape index (κ3) is 5.84. The van der Waals surface area contributed by atoms with Crippen LogP contribution in [0.5, 0.6) is 11.6 Å². The zero-order valence-corrected chi connectivity index (χ0v) is 26.0. The number of aryl methyl sites for hydroxylation is 2. The Morgan fingerprint density at radius 3 is 2.70 bits per heavy atom. The van der Waals surface area contributed by atoms with E-state index in [0.717, 1.165) is 16.2 Å².